The average molecular weight is 342 g/mol. The number of allylic oxidation sites excluding steroid dienone is 1. The summed E-state index contributed by atoms with van der Waals surface area (Å²) in [5.41, 5.74) is 0.618. The molecule has 1 spiro atoms. The summed E-state index contributed by atoms with van der Waals surface area (Å²) in [4.78, 5) is 11.0. The van der Waals surface area contributed by atoms with E-state index in [2.05, 4.69) is 18.9 Å². The van der Waals surface area contributed by atoms with Gasteiger partial charge in [0.1, 0.15) is 11.2 Å². The Balaban J connectivity index is 1.42. The molecule has 5 aliphatic rings. The topological polar surface area (TPSA) is 38.7 Å². The van der Waals surface area contributed by atoms with Crippen molar-refractivity contribution >= 4 is 0 Å². The molecule has 0 bridgehead atoms. The molecule has 1 saturated heterocycles. The van der Waals surface area contributed by atoms with Gasteiger partial charge in [0.2, 0.25) is 0 Å². The Morgan fingerprint density at radius 1 is 1.16 bits per heavy atom. The molecular weight excluding hydrogens is 312 g/mol. The van der Waals surface area contributed by atoms with Crippen molar-refractivity contribution in [3.05, 3.63) is 11.6 Å². The number of aliphatic hydroxyl groups is 1. The largest absolute Gasteiger partial charge is 0.377 e. The lowest BCUT2D eigenvalue weighted by molar-refractivity contribution is -0.313. The maximum atomic E-state index is 11.0. The molecule has 1 heterocycles. The molecule has 5 rings (SSSR count). The minimum atomic E-state index is -0.891. The van der Waals surface area contributed by atoms with Crippen molar-refractivity contribution < 1.29 is 14.9 Å². The second-order valence-corrected chi connectivity index (χ2v) is 9.61. The van der Waals surface area contributed by atoms with Crippen LogP contribution in [0.4, 0.5) is 0 Å². The van der Waals surface area contributed by atoms with Crippen molar-refractivity contribution in [3.63, 3.8) is 0 Å². The summed E-state index contributed by atoms with van der Waals surface area (Å²) in [7, 11) is 0. The van der Waals surface area contributed by atoms with Crippen LogP contribution in [0, 0.1) is 41.4 Å². The predicted octanol–water partition coefficient (Wildman–Crippen LogP) is 4.01. The van der Waals surface area contributed by atoms with Gasteiger partial charge in [-0.15, -0.1) is 6.42 Å². The van der Waals surface area contributed by atoms with Crippen molar-refractivity contribution in [2.24, 2.45) is 29.1 Å². The van der Waals surface area contributed by atoms with Crippen molar-refractivity contribution in [2.45, 2.75) is 75.9 Å². The summed E-state index contributed by atoms with van der Waals surface area (Å²) in [6.07, 6.45) is 18.1. The normalized spacial score (nSPS) is 54.4. The van der Waals surface area contributed by atoms with Gasteiger partial charge in [0.15, 0.2) is 0 Å². The van der Waals surface area contributed by atoms with Gasteiger partial charge in [-0.05, 0) is 68.6 Å². The molecule has 0 aromatic rings. The van der Waals surface area contributed by atoms with Crippen molar-refractivity contribution in [1.82, 2.24) is 0 Å². The minimum absolute atomic E-state index is 0.0323. The van der Waals surface area contributed by atoms with Crippen LogP contribution in [-0.2, 0) is 9.78 Å². The van der Waals surface area contributed by atoms with E-state index in [-0.39, 0.29) is 11.0 Å². The summed E-state index contributed by atoms with van der Waals surface area (Å²) >= 11 is 0. The molecular formula is C22H30O3. The van der Waals surface area contributed by atoms with Crippen LogP contribution in [-0.4, -0.2) is 22.9 Å². The zero-order chi connectivity index (χ0) is 17.3. The molecule has 0 radical (unpaired) electrons. The van der Waals surface area contributed by atoms with E-state index in [0.29, 0.717) is 11.8 Å². The quantitative estimate of drug-likeness (QED) is 0.411. The Bertz CT molecular complexity index is 640. The number of fused-ring (bicyclic) bond motifs is 5. The fourth-order valence-corrected chi connectivity index (χ4v) is 7.32. The van der Waals surface area contributed by atoms with Gasteiger partial charge in [0.05, 0.1) is 6.61 Å². The van der Waals surface area contributed by atoms with Gasteiger partial charge in [-0.1, -0.05) is 24.5 Å². The molecule has 3 saturated carbocycles. The van der Waals surface area contributed by atoms with E-state index >= 15 is 0 Å². The van der Waals surface area contributed by atoms with Crippen LogP contribution in [0.25, 0.3) is 0 Å². The third kappa shape index (κ3) is 2.11. The Hall–Kier alpha value is -0.820. The Morgan fingerprint density at radius 3 is 2.80 bits per heavy atom. The average Bonchev–Trinajstić information content (AvgIpc) is 3.18. The number of rotatable bonds is 0. The fraction of sp³-hybridized carbons (Fsp3) is 0.818. The highest BCUT2D eigenvalue weighted by atomic mass is 17.2. The van der Waals surface area contributed by atoms with Crippen LogP contribution >= 0.6 is 0 Å². The van der Waals surface area contributed by atoms with Gasteiger partial charge in [-0.3, -0.25) is 0 Å². The second kappa shape index (κ2) is 5.35. The van der Waals surface area contributed by atoms with Crippen LogP contribution in [0.15, 0.2) is 11.6 Å². The lowest BCUT2D eigenvalue weighted by Crippen LogP contribution is -2.52. The zero-order valence-corrected chi connectivity index (χ0v) is 15.3. The number of hydrogen-bond acceptors (Lipinski definition) is 3. The van der Waals surface area contributed by atoms with E-state index in [9.17, 15) is 5.11 Å². The fourth-order valence-electron chi connectivity index (χ4n) is 7.32. The van der Waals surface area contributed by atoms with E-state index in [4.69, 9.17) is 16.2 Å². The first kappa shape index (κ1) is 16.4. The smallest absolute Gasteiger partial charge is 0.130 e. The van der Waals surface area contributed by atoms with E-state index in [0.717, 1.165) is 63.4 Å². The number of hydrogen-bond donors (Lipinski definition) is 1. The standard InChI is InChI=1S/C22H30O3/c1-3-22(23)11-8-19-18-5-4-15-14-21(12-13-24-25-21)10-7-16(15)17(18)6-9-20(19,22)2/h1,4,16-19,23H,5-14H2,2H3/t16-,17+,18+,19-,20-,21?,22-/m0/s1. The first-order valence-electron chi connectivity index (χ1n) is 10.2. The lowest BCUT2D eigenvalue weighted by Gasteiger charge is -2.55. The lowest BCUT2D eigenvalue weighted by atomic mass is 9.50. The van der Waals surface area contributed by atoms with Crippen LogP contribution in [0.5, 0.6) is 0 Å². The van der Waals surface area contributed by atoms with Gasteiger partial charge in [-0.2, -0.15) is 0 Å². The predicted molar refractivity (Wildman–Crippen MR) is 95.3 cm³/mol. The van der Waals surface area contributed by atoms with E-state index in [1.165, 1.54) is 12.8 Å². The maximum Gasteiger partial charge on any atom is 0.130 e. The van der Waals surface area contributed by atoms with E-state index in [1.54, 1.807) is 5.57 Å². The monoisotopic (exact) mass is 342 g/mol. The van der Waals surface area contributed by atoms with Gasteiger partial charge in [0, 0.05) is 18.3 Å². The minimum Gasteiger partial charge on any atom is -0.377 e. The molecule has 1 aliphatic heterocycles. The molecule has 0 aromatic carbocycles. The van der Waals surface area contributed by atoms with Crippen LogP contribution in [0.1, 0.15) is 64.7 Å². The van der Waals surface area contributed by atoms with Gasteiger partial charge in [0.25, 0.3) is 0 Å². The molecule has 4 fully saturated rings. The van der Waals surface area contributed by atoms with E-state index in [1.807, 2.05) is 0 Å². The van der Waals surface area contributed by atoms with Gasteiger partial charge < -0.3 is 5.11 Å². The third-order valence-corrected chi connectivity index (χ3v) is 8.84. The summed E-state index contributed by atoms with van der Waals surface area (Å²) in [5.74, 6) is 5.55. The highest BCUT2D eigenvalue weighted by molar-refractivity contribution is 5.26. The van der Waals surface area contributed by atoms with Gasteiger partial charge >= 0.3 is 0 Å². The van der Waals surface area contributed by atoms with Crippen molar-refractivity contribution in [1.29, 1.82) is 0 Å². The first-order chi connectivity index (χ1) is 12.0. The second-order valence-electron chi connectivity index (χ2n) is 9.61. The molecule has 25 heavy (non-hydrogen) atoms. The Kier molecular flexibility index (Phi) is 3.50. The molecule has 136 valence electrons. The Labute approximate surface area is 151 Å². The maximum absolute atomic E-state index is 11.0. The summed E-state index contributed by atoms with van der Waals surface area (Å²) in [6.45, 7) is 3.01. The van der Waals surface area contributed by atoms with Gasteiger partial charge in [-0.25, -0.2) is 9.78 Å². The third-order valence-electron chi connectivity index (χ3n) is 8.84. The van der Waals surface area contributed by atoms with Crippen molar-refractivity contribution in [3.8, 4) is 12.3 Å². The first-order valence-corrected chi connectivity index (χ1v) is 10.2. The van der Waals surface area contributed by atoms with Crippen LogP contribution < -0.4 is 0 Å². The highest BCUT2D eigenvalue weighted by Crippen LogP contribution is 2.64. The SMILES string of the molecule is C#C[C@]1(O)CC[C@H]2[C@@H]3CC=C4CC5(CCOO5)CC[C@@H]4[C@H]3CC[C@@]21C. The Morgan fingerprint density at radius 2 is 2.04 bits per heavy atom. The molecule has 7 atom stereocenters. The summed E-state index contributed by atoms with van der Waals surface area (Å²) in [6, 6.07) is 0. The number of terminal acetylenes is 1. The summed E-state index contributed by atoms with van der Waals surface area (Å²) in [5, 5.41) is 11.0. The highest BCUT2D eigenvalue weighted by Gasteiger charge is 2.62. The molecule has 3 heteroatoms. The molecule has 3 nitrogen and oxygen atoms in total. The van der Waals surface area contributed by atoms with Crippen LogP contribution in [0.2, 0.25) is 0 Å². The molecule has 1 N–H and O–H groups in total. The molecule has 0 amide bonds. The molecule has 0 aromatic heterocycles. The van der Waals surface area contributed by atoms with E-state index < -0.39 is 5.60 Å². The summed E-state index contributed by atoms with van der Waals surface area (Å²) < 4.78 is 0. The van der Waals surface area contributed by atoms with Crippen molar-refractivity contribution in [2.75, 3.05) is 6.61 Å². The molecule has 1 unspecified atom stereocenters. The zero-order valence-electron chi connectivity index (χ0n) is 15.3. The molecule has 4 aliphatic carbocycles. The van der Waals surface area contributed by atoms with Crippen LogP contribution in [0.3, 0.4) is 0 Å².